The zero-order valence-corrected chi connectivity index (χ0v) is 26.6. The van der Waals surface area contributed by atoms with Crippen molar-refractivity contribution in [2.45, 2.75) is 144 Å². The van der Waals surface area contributed by atoms with Gasteiger partial charge in [0.15, 0.2) is 0 Å². The second-order valence-electron chi connectivity index (χ2n) is 11.1. The second kappa shape index (κ2) is 29.9. The molecule has 0 radical (unpaired) electrons. The van der Waals surface area contributed by atoms with Crippen LogP contribution in [0.25, 0.3) is 0 Å². The van der Waals surface area contributed by atoms with Gasteiger partial charge in [0.2, 0.25) is 0 Å². The Morgan fingerprint density at radius 3 is 1.00 bits per heavy atom. The molecule has 0 aromatic rings. The van der Waals surface area contributed by atoms with E-state index in [1.807, 2.05) is 27.7 Å². The Morgan fingerprint density at radius 1 is 0.425 bits per heavy atom. The van der Waals surface area contributed by atoms with Gasteiger partial charge in [-0.15, -0.1) is 0 Å². The molecular weight excluding hydrogens is 512 g/mol. The van der Waals surface area contributed by atoms with Gasteiger partial charge in [0, 0.05) is 25.7 Å². The summed E-state index contributed by atoms with van der Waals surface area (Å²) in [4.78, 5) is 45.3. The van der Waals surface area contributed by atoms with Gasteiger partial charge in [-0.1, -0.05) is 80.1 Å². The molecule has 8 heteroatoms. The van der Waals surface area contributed by atoms with Gasteiger partial charge in [-0.25, -0.2) is 0 Å². The molecule has 236 valence electrons. The molecule has 0 saturated heterocycles. The molecule has 40 heavy (non-hydrogen) atoms. The van der Waals surface area contributed by atoms with Crippen LogP contribution in [0, 0.1) is 11.8 Å². The number of ether oxygens (including phenoxy) is 4. The molecule has 0 bridgehead atoms. The maximum absolute atomic E-state index is 11.4. The number of carbonyl (C=O) groups excluding carboxylic acids is 4. The largest absolute Gasteiger partial charge is 0.466 e. The van der Waals surface area contributed by atoms with E-state index in [9.17, 15) is 19.2 Å². The van der Waals surface area contributed by atoms with Crippen LogP contribution in [0.1, 0.15) is 144 Å². The SMILES string of the molecule is CC(C)COC(=O)CCCCC(=O)OCC(C)C.CCCCOC(=O)CCCCCCCCC(=O)OCCCC. The van der Waals surface area contributed by atoms with E-state index in [1.165, 1.54) is 0 Å². The fourth-order valence-corrected chi connectivity index (χ4v) is 3.25. The molecule has 0 aromatic carbocycles. The van der Waals surface area contributed by atoms with Crippen molar-refractivity contribution in [1.82, 2.24) is 0 Å². The molecule has 0 aliphatic carbocycles. The number of hydrogen-bond donors (Lipinski definition) is 0. The van der Waals surface area contributed by atoms with E-state index in [1.54, 1.807) is 0 Å². The summed E-state index contributed by atoms with van der Waals surface area (Å²) in [5, 5.41) is 0. The molecule has 0 N–H and O–H groups in total. The van der Waals surface area contributed by atoms with Crippen molar-refractivity contribution in [3.63, 3.8) is 0 Å². The molecule has 0 aromatic heterocycles. The van der Waals surface area contributed by atoms with Gasteiger partial charge < -0.3 is 18.9 Å². The summed E-state index contributed by atoms with van der Waals surface area (Å²) < 4.78 is 20.3. The monoisotopic (exact) mass is 572 g/mol. The normalized spacial score (nSPS) is 10.6. The number of unbranched alkanes of at least 4 members (excludes halogenated alkanes) is 8. The van der Waals surface area contributed by atoms with Crippen molar-refractivity contribution in [1.29, 1.82) is 0 Å². The highest BCUT2D eigenvalue weighted by molar-refractivity contribution is 5.70. The van der Waals surface area contributed by atoms with Gasteiger partial charge in [0.25, 0.3) is 0 Å². The van der Waals surface area contributed by atoms with E-state index in [0.29, 0.717) is 76.8 Å². The van der Waals surface area contributed by atoms with Gasteiger partial charge in [0.05, 0.1) is 26.4 Å². The highest BCUT2D eigenvalue weighted by Gasteiger charge is 2.08. The molecule has 0 saturated carbocycles. The summed E-state index contributed by atoms with van der Waals surface area (Å²) in [6.45, 7) is 14.2. The van der Waals surface area contributed by atoms with Crippen molar-refractivity contribution in [2.24, 2.45) is 11.8 Å². The third-order valence-electron chi connectivity index (χ3n) is 5.70. The predicted octanol–water partition coefficient (Wildman–Crippen LogP) is 7.74. The number of rotatable bonds is 24. The van der Waals surface area contributed by atoms with E-state index in [4.69, 9.17) is 18.9 Å². The third kappa shape index (κ3) is 33.9. The highest BCUT2D eigenvalue weighted by Crippen LogP contribution is 2.10. The van der Waals surface area contributed by atoms with Crippen LogP contribution in [-0.4, -0.2) is 50.3 Å². The Balaban J connectivity index is 0. The topological polar surface area (TPSA) is 105 Å². The number of carbonyl (C=O) groups is 4. The van der Waals surface area contributed by atoms with Crippen LogP contribution in [-0.2, 0) is 38.1 Å². The first-order valence-corrected chi connectivity index (χ1v) is 15.7. The Labute approximate surface area is 244 Å². The number of esters is 4. The standard InChI is InChI=1S/C18H34O4.C14H26O4/c1-3-5-15-21-17(19)13-11-9-7-8-10-12-14-18(20)22-16-6-4-2;1-11(2)9-17-13(15)7-5-6-8-14(16)18-10-12(3)4/h3-16H2,1-2H3;11-12H,5-10H2,1-4H3. The molecule has 0 spiro atoms. The minimum Gasteiger partial charge on any atom is -0.466 e. The van der Waals surface area contributed by atoms with Gasteiger partial charge in [0.1, 0.15) is 0 Å². The quantitative estimate of drug-likeness (QED) is 0.0657. The van der Waals surface area contributed by atoms with E-state index >= 15 is 0 Å². The van der Waals surface area contributed by atoms with Crippen molar-refractivity contribution in [3.05, 3.63) is 0 Å². The van der Waals surface area contributed by atoms with Crippen LogP contribution in [0.15, 0.2) is 0 Å². The Kier molecular flexibility index (Phi) is 29.9. The lowest BCUT2D eigenvalue weighted by atomic mass is 10.1. The lowest BCUT2D eigenvalue weighted by Gasteiger charge is -2.08. The van der Waals surface area contributed by atoms with Crippen molar-refractivity contribution >= 4 is 23.9 Å². The zero-order chi connectivity index (χ0) is 30.4. The number of hydrogen-bond acceptors (Lipinski definition) is 8. The first-order chi connectivity index (χ1) is 19.1. The smallest absolute Gasteiger partial charge is 0.305 e. The first-order valence-electron chi connectivity index (χ1n) is 15.7. The molecule has 0 atom stereocenters. The molecule has 0 fully saturated rings. The van der Waals surface area contributed by atoms with Gasteiger partial charge >= 0.3 is 23.9 Å². The zero-order valence-electron chi connectivity index (χ0n) is 26.6. The van der Waals surface area contributed by atoms with E-state index in [2.05, 4.69) is 13.8 Å². The fourth-order valence-electron chi connectivity index (χ4n) is 3.25. The molecule has 0 aliphatic heterocycles. The van der Waals surface area contributed by atoms with Crippen LogP contribution in [0.5, 0.6) is 0 Å². The first kappa shape index (κ1) is 40.0. The van der Waals surface area contributed by atoms with E-state index in [0.717, 1.165) is 64.2 Å². The summed E-state index contributed by atoms with van der Waals surface area (Å²) in [6, 6.07) is 0. The van der Waals surface area contributed by atoms with Crippen molar-refractivity contribution < 1.29 is 38.1 Å². The predicted molar refractivity (Wildman–Crippen MR) is 159 cm³/mol. The van der Waals surface area contributed by atoms with Crippen LogP contribution in [0.2, 0.25) is 0 Å². The van der Waals surface area contributed by atoms with E-state index in [-0.39, 0.29) is 23.9 Å². The van der Waals surface area contributed by atoms with Crippen LogP contribution in [0.3, 0.4) is 0 Å². The lowest BCUT2D eigenvalue weighted by Crippen LogP contribution is -2.11. The minimum atomic E-state index is -0.181. The van der Waals surface area contributed by atoms with Crippen LogP contribution in [0.4, 0.5) is 0 Å². The maximum Gasteiger partial charge on any atom is 0.305 e. The summed E-state index contributed by atoms with van der Waals surface area (Å²) >= 11 is 0. The van der Waals surface area contributed by atoms with Crippen LogP contribution < -0.4 is 0 Å². The lowest BCUT2D eigenvalue weighted by molar-refractivity contribution is -0.147. The molecule has 0 unspecified atom stereocenters. The summed E-state index contributed by atoms with van der Waals surface area (Å²) in [7, 11) is 0. The van der Waals surface area contributed by atoms with Gasteiger partial charge in [-0.2, -0.15) is 0 Å². The molecule has 8 nitrogen and oxygen atoms in total. The molecule has 0 heterocycles. The van der Waals surface area contributed by atoms with Crippen LogP contribution >= 0.6 is 0 Å². The molecule has 0 amide bonds. The van der Waals surface area contributed by atoms with E-state index < -0.39 is 0 Å². The fraction of sp³-hybridized carbons (Fsp3) is 0.875. The molecule has 0 aliphatic rings. The highest BCUT2D eigenvalue weighted by atomic mass is 16.5. The van der Waals surface area contributed by atoms with Crippen molar-refractivity contribution in [3.8, 4) is 0 Å². The minimum absolute atomic E-state index is 0.0664. The Morgan fingerprint density at radius 2 is 0.700 bits per heavy atom. The molecular formula is C32H60O8. The average Bonchev–Trinajstić information content (AvgIpc) is 2.91. The van der Waals surface area contributed by atoms with Gasteiger partial charge in [-0.05, 0) is 50.4 Å². The van der Waals surface area contributed by atoms with Crippen molar-refractivity contribution in [2.75, 3.05) is 26.4 Å². The Bertz CT molecular complexity index is 576. The Hall–Kier alpha value is -2.12. The molecule has 0 rings (SSSR count). The van der Waals surface area contributed by atoms with Gasteiger partial charge in [-0.3, -0.25) is 19.2 Å². The summed E-state index contributed by atoms with van der Waals surface area (Å²) in [5.41, 5.74) is 0. The maximum atomic E-state index is 11.4. The average molecular weight is 573 g/mol. The summed E-state index contributed by atoms with van der Waals surface area (Å²) in [5.74, 6) is 0.227. The third-order valence-corrected chi connectivity index (χ3v) is 5.70. The second-order valence-corrected chi connectivity index (χ2v) is 11.1. The summed E-state index contributed by atoms with van der Waals surface area (Å²) in [6.07, 6.45) is 13.4.